The molecule has 0 atom stereocenters. The number of carbonyl (C=O) groups is 1. The van der Waals surface area contributed by atoms with Gasteiger partial charge in [-0.15, -0.1) is 0 Å². The van der Waals surface area contributed by atoms with Crippen LogP contribution in [0, 0.1) is 17.1 Å². The Morgan fingerprint density at radius 3 is 2.47 bits per heavy atom. The summed E-state index contributed by atoms with van der Waals surface area (Å²) < 4.78 is 18.9. The molecular weight excluding hydrogens is 405 g/mol. The largest absolute Gasteiger partial charge is 0.457 e. The average Bonchev–Trinajstić information content (AvgIpc) is 3.13. The predicted molar refractivity (Wildman–Crippen MR) is 112 cm³/mol. The summed E-state index contributed by atoms with van der Waals surface area (Å²) in [5.74, 6) is -0.734. The van der Waals surface area contributed by atoms with E-state index in [9.17, 15) is 9.18 Å². The first-order valence-electron chi connectivity index (χ1n) is 10.1. The monoisotopic (exact) mass is 427 g/mol. The van der Waals surface area contributed by atoms with Crippen molar-refractivity contribution in [3.05, 3.63) is 69.0 Å². The molecule has 0 saturated carbocycles. The number of hydrogen-bond acceptors (Lipinski definition) is 5. The Morgan fingerprint density at radius 1 is 1.07 bits per heavy atom. The summed E-state index contributed by atoms with van der Waals surface area (Å²) in [7, 11) is 0. The number of carbonyl (C=O) groups excluding carboxylic acids is 1. The molecule has 0 unspecified atom stereocenters. The van der Waals surface area contributed by atoms with Crippen LogP contribution in [0.15, 0.2) is 30.3 Å². The van der Waals surface area contributed by atoms with Gasteiger partial charge >= 0.3 is 5.97 Å². The number of esters is 1. The number of cyclic esters (lactones) is 1. The second kappa shape index (κ2) is 9.13. The van der Waals surface area contributed by atoms with E-state index in [1.54, 1.807) is 0 Å². The van der Waals surface area contributed by atoms with Crippen LogP contribution >= 0.6 is 11.6 Å². The SMILES string of the molecule is N#Cc1cc(Cl)c(CCN2CCN(CCc3ccc4c(c3)COC4=O)CC2)cc1F. The van der Waals surface area contributed by atoms with Gasteiger partial charge < -0.3 is 14.5 Å². The molecule has 2 heterocycles. The molecule has 0 spiro atoms. The molecule has 0 aliphatic carbocycles. The van der Waals surface area contributed by atoms with Gasteiger partial charge in [0.2, 0.25) is 0 Å². The van der Waals surface area contributed by atoms with Crippen LogP contribution in [-0.4, -0.2) is 55.0 Å². The maximum Gasteiger partial charge on any atom is 0.338 e. The Balaban J connectivity index is 1.22. The zero-order valence-corrected chi connectivity index (χ0v) is 17.4. The lowest BCUT2D eigenvalue weighted by Gasteiger charge is -2.34. The number of piperazine rings is 1. The van der Waals surface area contributed by atoms with Crippen molar-refractivity contribution >= 4 is 17.6 Å². The van der Waals surface area contributed by atoms with Gasteiger partial charge in [0, 0.05) is 49.9 Å². The number of nitriles is 1. The molecule has 0 amide bonds. The van der Waals surface area contributed by atoms with E-state index in [-0.39, 0.29) is 11.5 Å². The highest BCUT2D eigenvalue weighted by atomic mass is 35.5. The van der Waals surface area contributed by atoms with Gasteiger partial charge in [-0.2, -0.15) is 5.26 Å². The first-order chi connectivity index (χ1) is 14.5. The highest BCUT2D eigenvalue weighted by Crippen LogP contribution is 2.22. The van der Waals surface area contributed by atoms with Gasteiger partial charge in [0.25, 0.3) is 0 Å². The summed E-state index contributed by atoms with van der Waals surface area (Å²) in [6, 6.07) is 10.6. The van der Waals surface area contributed by atoms with Crippen molar-refractivity contribution in [2.45, 2.75) is 19.4 Å². The minimum Gasteiger partial charge on any atom is -0.457 e. The number of rotatable bonds is 6. The fraction of sp³-hybridized carbons (Fsp3) is 0.391. The fourth-order valence-corrected chi connectivity index (χ4v) is 4.27. The third-order valence-corrected chi connectivity index (χ3v) is 6.24. The van der Waals surface area contributed by atoms with E-state index in [0.29, 0.717) is 23.6 Å². The molecule has 30 heavy (non-hydrogen) atoms. The molecule has 1 saturated heterocycles. The number of benzene rings is 2. The van der Waals surface area contributed by atoms with Crippen molar-refractivity contribution in [1.82, 2.24) is 9.80 Å². The number of halogens is 2. The van der Waals surface area contributed by atoms with E-state index < -0.39 is 5.82 Å². The van der Waals surface area contributed by atoms with Crippen molar-refractivity contribution in [1.29, 1.82) is 5.26 Å². The Kier molecular flexibility index (Phi) is 6.33. The summed E-state index contributed by atoms with van der Waals surface area (Å²) >= 11 is 6.19. The van der Waals surface area contributed by atoms with Gasteiger partial charge in [-0.3, -0.25) is 0 Å². The van der Waals surface area contributed by atoms with Gasteiger partial charge in [-0.05, 0) is 42.2 Å². The minimum atomic E-state index is -0.510. The van der Waals surface area contributed by atoms with Crippen molar-refractivity contribution in [3.63, 3.8) is 0 Å². The second-order valence-corrected chi connectivity index (χ2v) is 8.19. The van der Waals surface area contributed by atoms with E-state index in [2.05, 4.69) is 15.9 Å². The summed E-state index contributed by atoms with van der Waals surface area (Å²) in [6.45, 7) is 6.08. The van der Waals surface area contributed by atoms with Gasteiger partial charge in [-0.25, -0.2) is 9.18 Å². The molecule has 0 aromatic heterocycles. The quantitative estimate of drug-likeness (QED) is 0.661. The van der Waals surface area contributed by atoms with E-state index in [0.717, 1.165) is 56.8 Å². The molecule has 1 fully saturated rings. The Morgan fingerprint density at radius 2 is 1.77 bits per heavy atom. The molecule has 0 N–H and O–H groups in total. The van der Waals surface area contributed by atoms with Crippen LogP contribution < -0.4 is 0 Å². The maximum atomic E-state index is 13.8. The maximum absolute atomic E-state index is 13.8. The van der Waals surface area contributed by atoms with Crippen LogP contribution in [0.1, 0.15) is 32.6 Å². The molecule has 7 heteroatoms. The summed E-state index contributed by atoms with van der Waals surface area (Å²) in [5.41, 5.74) is 3.64. The van der Waals surface area contributed by atoms with Crippen molar-refractivity contribution < 1.29 is 13.9 Å². The normalized spacial score (nSPS) is 16.9. The standard InChI is InChI=1S/C23H23ClFN3O2/c24-21-12-18(14-26)22(25)13-17(21)4-6-28-9-7-27(8-10-28)5-3-16-1-2-20-19(11-16)15-30-23(20)29/h1-2,11-13H,3-10,15H2. The lowest BCUT2D eigenvalue weighted by Crippen LogP contribution is -2.47. The Labute approximate surface area is 180 Å². The van der Waals surface area contributed by atoms with Crippen molar-refractivity contribution in [2.75, 3.05) is 39.3 Å². The van der Waals surface area contributed by atoms with E-state index in [1.165, 1.54) is 17.7 Å². The van der Waals surface area contributed by atoms with Crippen molar-refractivity contribution in [2.24, 2.45) is 0 Å². The molecule has 2 aromatic rings. The van der Waals surface area contributed by atoms with Gasteiger partial charge in [-0.1, -0.05) is 23.7 Å². The number of nitrogens with zero attached hydrogens (tertiary/aromatic N) is 3. The highest BCUT2D eigenvalue weighted by Gasteiger charge is 2.21. The molecule has 0 bridgehead atoms. The smallest absolute Gasteiger partial charge is 0.338 e. The molecule has 5 nitrogen and oxygen atoms in total. The summed E-state index contributed by atoms with van der Waals surface area (Å²) in [6.07, 6.45) is 1.61. The lowest BCUT2D eigenvalue weighted by molar-refractivity contribution is 0.0535. The number of ether oxygens (including phenoxy) is 1. The summed E-state index contributed by atoms with van der Waals surface area (Å²) in [5, 5.41) is 9.33. The first-order valence-corrected chi connectivity index (χ1v) is 10.5. The van der Waals surface area contributed by atoms with E-state index >= 15 is 0 Å². The van der Waals surface area contributed by atoms with Crippen LogP contribution in [0.2, 0.25) is 5.02 Å². The predicted octanol–water partition coefficient (Wildman–Crippen LogP) is 3.42. The number of fused-ring (bicyclic) bond motifs is 1. The van der Waals surface area contributed by atoms with E-state index in [4.69, 9.17) is 21.6 Å². The van der Waals surface area contributed by atoms with Crippen molar-refractivity contribution in [3.8, 4) is 6.07 Å². The van der Waals surface area contributed by atoms with Gasteiger partial charge in [0.15, 0.2) is 0 Å². The van der Waals surface area contributed by atoms with Crippen LogP contribution in [0.3, 0.4) is 0 Å². The lowest BCUT2D eigenvalue weighted by atomic mass is 10.0. The van der Waals surface area contributed by atoms with Crippen LogP contribution in [-0.2, 0) is 24.2 Å². The number of hydrogen-bond donors (Lipinski definition) is 0. The molecule has 2 aliphatic rings. The zero-order chi connectivity index (χ0) is 21.1. The molecule has 0 radical (unpaired) electrons. The molecular formula is C23H23ClFN3O2. The van der Waals surface area contributed by atoms with E-state index in [1.807, 2.05) is 18.2 Å². The molecule has 4 rings (SSSR count). The van der Waals surface area contributed by atoms with Crippen LogP contribution in [0.4, 0.5) is 4.39 Å². The van der Waals surface area contributed by atoms with Crippen LogP contribution in [0.25, 0.3) is 0 Å². The second-order valence-electron chi connectivity index (χ2n) is 7.79. The minimum absolute atomic E-state index is 0.0140. The first kappa shape index (κ1) is 20.8. The van der Waals surface area contributed by atoms with Gasteiger partial charge in [0.1, 0.15) is 18.5 Å². The summed E-state index contributed by atoms with van der Waals surface area (Å²) in [4.78, 5) is 16.4. The molecule has 2 aromatic carbocycles. The van der Waals surface area contributed by atoms with Crippen LogP contribution in [0.5, 0.6) is 0 Å². The third kappa shape index (κ3) is 4.65. The average molecular weight is 428 g/mol. The Bertz CT molecular complexity index is 997. The molecule has 156 valence electrons. The highest BCUT2D eigenvalue weighted by molar-refractivity contribution is 6.31. The molecule has 2 aliphatic heterocycles. The Hall–Kier alpha value is -2.46. The fourth-order valence-electron chi connectivity index (χ4n) is 4.01. The third-order valence-electron chi connectivity index (χ3n) is 5.88. The topological polar surface area (TPSA) is 56.6 Å². The zero-order valence-electron chi connectivity index (χ0n) is 16.7. The van der Waals surface area contributed by atoms with Gasteiger partial charge in [0.05, 0.1) is 11.1 Å².